The lowest BCUT2D eigenvalue weighted by Gasteiger charge is -2.06. The maximum atomic E-state index is 13.8. The van der Waals surface area contributed by atoms with Gasteiger partial charge in [0.2, 0.25) is 0 Å². The van der Waals surface area contributed by atoms with Gasteiger partial charge in [0.15, 0.2) is 0 Å². The zero-order valence-electron chi connectivity index (χ0n) is 10.1. The summed E-state index contributed by atoms with van der Waals surface area (Å²) in [4.78, 5) is 14.6. The molecule has 3 nitrogen and oxygen atoms in total. The van der Waals surface area contributed by atoms with Crippen molar-refractivity contribution in [1.82, 2.24) is 0 Å². The average molecular weight is 247 g/mol. The molecule has 1 N–H and O–H groups in total. The first-order chi connectivity index (χ1) is 8.60. The highest BCUT2D eigenvalue weighted by atomic mass is 19.1. The number of nitrogens with zero attached hydrogens (tertiary/aromatic N) is 1. The summed E-state index contributed by atoms with van der Waals surface area (Å²) >= 11 is 0. The number of benzene rings is 1. The van der Waals surface area contributed by atoms with E-state index in [2.05, 4.69) is 11.6 Å². The summed E-state index contributed by atoms with van der Waals surface area (Å²) in [5.74, 6) is -1.70. The average Bonchev–Trinajstić information content (AvgIpc) is 2.35. The van der Waals surface area contributed by atoms with Gasteiger partial charge in [-0.05, 0) is 24.1 Å². The third-order valence-corrected chi connectivity index (χ3v) is 2.36. The van der Waals surface area contributed by atoms with Gasteiger partial charge >= 0.3 is 5.97 Å². The molecule has 0 bridgehead atoms. The second-order valence-electron chi connectivity index (χ2n) is 3.54. The second kappa shape index (κ2) is 6.49. The summed E-state index contributed by atoms with van der Waals surface area (Å²) in [5.41, 5.74) is 0.993. The normalized spacial score (nSPS) is 11.8. The zero-order valence-corrected chi connectivity index (χ0v) is 10.1. The minimum Gasteiger partial charge on any atom is -0.478 e. The van der Waals surface area contributed by atoms with Crippen LogP contribution in [-0.4, -0.2) is 17.3 Å². The van der Waals surface area contributed by atoms with Crippen molar-refractivity contribution in [2.75, 3.05) is 0 Å². The predicted octanol–water partition coefficient (Wildman–Crippen LogP) is 3.53. The molecule has 0 unspecified atom stereocenters. The molecule has 0 radical (unpaired) electrons. The van der Waals surface area contributed by atoms with Crippen molar-refractivity contribution < 1.29 is 14.3 Å². The van der Waals surface area contributed by atoms with Crippen molar-refractivity contribution in [1.29, 1.82) is 0 Å². The van der Waals surface area contributed by atoms with E-state index in [4.69, 9.17) is 5.11 Å². The fourth-order valence-corrected chi connectivity index (χ4v) is 1.45. The van der Waals surface area contributed by atoms with Crippen LogP contribution in [0.5, 0.6) is 0 Å². The van der Waals surface area contributed by atoms with Crippen molar-refractivity contribution in [3.8, 4) is 0 Å². The number of hydrogen-bond acceptors (Lipinski definition) is 2. The van der Waals surface area contributed by atoms with Gasteiger partial charge in [-0.25, -0.2) is 9.18 Å². The number of carboxylic acid groups (broad SMARTS) is 1. The Bertz CT molecular complexity index is 519. The van der Waals surface area contributed by atoms with Crippen LogP contribution in [0.2, 0.25) is 0 Å². The van der Waals surface area contributed by atoms with E-state index in [-0.39, 0.29) is 5.56 Å². The van der Waals surface area contributed by atoms with Crippen LogP contribution in [0.15, 0.2) is 42.0 Å². The summed E-state index contributed by atoms with van der Waals surface area (Å²) in [6.45, 7) is 5.36. The zero-order chi connectivity index (χ0) is 13.5. The summed E-state index contributed by atoms with van der Waals surface area (Å²) in [6.07, 6.45) is 5.16. The Kier molecular flexibility index (Phi) is 4.99. The molecule has 1 aromatic rings. The number of carbonyl (C=O) groups is 1. The molecule has 0 saturated carbocycles. The van der Waals surface area contributed by atoms with E-state index in [1.807, 2.05) is 6.92 Å². The summed E-state index contributed by atoms with van der Waals surface area (Å²) in [6, 6.07) is 3.84. The lowest BCUT2D eigenvalue weighted by atomic mass is 10.0. The topological polar surface area (TPSA) is 49.7 Å². The standard InChI is InChI=1S/C14H14FNO2/c1-3-7-16-9-10(4-2)12-6-5-11(14(17)18)8-13(12)15/h3,5-9H,1,4H2,2H3,(H,17,18)/b10-9+,16-7-. The number of aliphatic imine (C=N–C) groups is 1. The smallest absolute Gasteiger partial charge is 0.335 e. The van der Waals surface area contributed by atoms with Gasteiger partial charge in [0.25, 0.3) is 0 Å². The van der Waals surface area contributed by atoms with E-state index in [0.29, 0.717) is 17.6 Å². The molecule has 0 saturated heterocycles. The van der Waals surface area contributed by atoms with Crippen LogP contribution >= 0.6 is 0 Å². The Hall–Kier alpha value is -2.23. The van der Waals surface area contributed by atoms with E-state index >= 15 is 0 Å². The van der Waals surface area contributed by atoms with Gasteiger partial charge in [0.1, 0.15) is 5.82 Å². The van der Waals surface area contributed by atoms with Crippen molar-refractivity contribution in [2.45, 2.75) is 13.3 Å². The summed E-state index contributed by atoms with van der Waals surface area (Å²) < 4.78 is 13.8. The monoisotopic (exact) mass is 247 g/mol. The van der Waals surface area contributed by atoms with Crippen molar-refractivity contribution in [3.63, 3.8) is 0 Å². The minimum absolute atomic E-state index is 0.0682. The molecular formula is C14H14FNO2. The Morgan fingerprint density at radius 2 is 2.28 bits per heavy atom. The van der Waals surface area contributed by atoms with E-state index in [1.54, 1.807) is 6.20 Å². The molecule has 1 aromatic carbocycles. The first kappa shape index (κ1) is 13.8. The predicted molar refractivity (Wildman–Crippen MR) is 70.3 cm³/mol. The van der Waals surface area contributed by atoms with Crippen LogP contribution in [0.1, 0.15) is 29.3 Å². The molecule has 0 aliphatic rings. The van der Waals surface area contributed by atoms with Gasteiger partial charge in [0, 0.05) is 18.0 Å². The third kappa shape index (κ3) is 3.38. The molecule has 0 aliphatic carbocycles. The van der Waals surface area contributed by atoms with Crippen LogP contribution in [0.4, 0.5) is 4.39 Å². The van der Waals surface area contributed by atoms with Gasteiger partial charge in [0.05, 0.1) is 5.56 Å². The minimum atomic E-state index is -1.15. The molecule has 94 valence electrons. The fraction of sp³-hybridized carbons (Fsp3) is 0.143. The van der Waals surface area contributed by atoms with Gasteiger partial charge in [-0.1, -0.05) is 25.6 Å². The van der Waals surface area contributed by atoms with Crippen LogP contribution in [0.25, 0.3) is 5.57 Å². The highest BCUT2D eigenvalue weighted by molar-refractivity contribution is 5.88. The van der Waals surface area contributed by atoms with Crippen LogP contribution in [0.3, 0.4) is 0 Å². The third-order valence-electron chi connectivity index (χ3n) is 2.36. The van der Waals surface area contributed by atoms with Crippen LogP contribution in [0, 0.1) is 5.82 Å². The molecular weight excluding hydrogens is 233 g/mol. The van der Waals surface area contributed by atoms with E-state index in [0.717, 1.165) is 6.07 Å². The van der Waals surface area contributed by atoms with Gasteiger partial charge in [-0.15, -0.1) is 0 Å². The molecule has 1 rings (SSSR count). The van der Waals surface area contributed by atoms with Crippen molar-refractivity contribution >= 4 is 17.8 Å². The fourth-order valence-electron chi connectivity index (χ4n) is 1.45. The van der Waals surface area contributed by atoms with E-state index in [9.17, 15) is 9.18 Å². The molecule has 0 aromatic heterocycles. The summed E-state index contributed by atoms with van der Waals surface area (Å²) in [7, 11) is 0. The first-order valence-corrected chi connectivity index (χ1v) is 5.46. The number of allylic oxidation sites excluding steroid dienone is 2. The lowest BCUT2D eigenvalue weighted by Crippen LogP contribution is -1.99. The van der Waals surface area contributed by atoms with Gasteiger partial charge in [-0.3, -0.25) is 4.99 Å². The van der Waals surface area contributed by atoms with Crippen molar-refractivity contribution in [2.24, 2.45) is 4.99 Å². The molecule has 0 fully saturated rings. The Morgan fingerprint density at radius 1 is 1.56 bits per heavy atom. The lowest BCUT2D eigenvalue weighted by molar-refractivity contribution is 0.0696. The highest BCUT2D eigenvalue weighted by Crippen LogP contribution is 2.22. The Morgan fingerprint density at radius 3 is 2.78 bits per heavy atom. The maximum Gasteiger partial charge on any atom is 0.335 e. The SMILES string of the molecule is C=C/C=N\C=C(/CC)c1ccc(C(=O)O)cc1F. The van der Waals surface area contributed by atoms with Gasteiger partial charge in [-0.2, -0.15) is 0 Å². The van der Waals surface area contributed by atoms with Crippen molar-refractivity contribution in [3.05, 3.63) is 54.0 Å². The van der Waals surface area contributed by atoms with Gasteiger partial charge < -0.3 is 5.11 Å². The molecule has 0 amide bonds. The quantitative estimate of drug-likeness (QED) is 0.809. The number of rotatable bonds is 5. The Balaban J connectivity index is 3.15. The maximum absolute atomic E-state index is 13.8. The van der Waals surface area contributed by atoms with Crippen LogP contribution in [-0.2, 0) is 0 Å². The molecule has 0 spiro atoms. The molecule has 0 heterocycles. The largest absolute Gasteiger partial charge is 0.478 e. The molecule has 0 atom stereocenters. The Labute approximate surface area is 105 Å². The number of hydrogen-bond donors (Lipinski definition) is 1. The summed E-state index contributed by atoms with van der Waals surface area (Å²) in [5, 5.41) is 8.75. The molecule has 0 aliphatic heterocycles. The first-order valence-electron chi connectivity index (χ1n) is 5.46. The van der Waals surface area contributed by atoms with E-state index < -0.39 is 11.8 Å². The number of carboxylic acids is 1. The second-order valence-corrected chi connectivity index (χ2v) is 3.54. The molecule has 18 heavy (non-hydrogen) atoms. The number of aromatic carboxylic acids is 1. The highest BCUT2D eigenvalue weighted by Gasteiger charge is 2.10. The van der Waals surface area contributed by atoms with Crippen LogP contribution < -0.4 is 0 Å². The number of halogens is 1. The van der Waals surface area contributed by atoms with E-state index in [1.165, 1.54) is 24.4 Å². The molecule has 4 heteroatoms.